The van der Waals surface area contributed by atoms with Gasteiger partial charge in [-0.2, -0.15) is 18.4 Å². The monoisotopic (exact) mass is 315 g/mol. The van der Waals surface area contributed by atoms with Crippen LogP contribution in [0.1, 0.15) is 25.3 Å². The fourth-order valence-electron chi connectivity index (χ4n) is 1.59. The number of amides is 1. The topological polar surface area (TPSA) is 74.2 Å². The number of carbonyl (C=O) groups is 1. The molecule has 2 N–H and O–H groups in total. The molecular formula is C14H16F3N3O2. The zero-order chi connectivity index (χ0) is 16.6. The lowest BCUT2D eigenvalue weighted by atomic mass is 10.1. The minimum absolute atomic E-state index is 0.122. The maximum absolute atomic E-state index is 13.0. The molecule has 0 unspecified atom stereocenters. The molecule has 5 nitrogen and oxygen atoms in total. The predicted octanol–water partition coefficient (Wildman–Crippen LogP) is 3.99. The molecule has 8 heteroatoms. The molecule has 1 rings (SSSR count). The van der Waals surface area contributed by atoms with Gasteiger partial charge in [0.2, 0.25) is 0 Å². The van der Waals surface area contributed by atoms with E-state index in [1.807, 2.05) is 6.92 Å². The van der Waals surface area contributed by atoms with Gasteiger partial charge in [-0.05, 0) is 24.6 Å². The van der Waals surface area contributed by atoms with Gasteiger partial charge in [0.15, 0.2) is 0 Å². The zero-order valence-electron chi connectivity index (χ0n) is 12.0. The molecule has 0 aliphatic carbocycles. The number of nitrogens with zero attached hydrogens (tertiary/aromatic N) is 1. The Bertz CT molecular complexity index is 553. The highest BCUT2D eigenvalue weighted by atomic mass is 19.4. The summed E-state index contributed by atoms with van der Waals surface area (Å²) in [5.41, 5.74) is -1.27. The van der Waals surface area contributed by atoms with Crippen LogP contribution in [-0.4, -0.2) is 19.2 Å². The number of anilines is 2. The van der Waals surface area contributed by atoms with Crippen molar-refractivity contribution in [3.8, 4) is 6.07 Å². The number of nitrogens with one attached hydrogen (secondary N) is 2. The van der Waals surface area contributed by atoms with Crippen molar-refractivity contribution in [3.63, 3.8) is 0 Å². The van der Waals surface area contributed by atoms with Crippen molar-refractivity contribution in [2.45, 2.75) is 25.9 Å². The van der Waals surface area contributed by atoms with Crippen LogP contribution in [0, 0.1) is 11.3 Å². The third kappa shape index (κ3) is 5.52. The Morgan fingerprint density at radius 1 is 1.41 bits per heavy atom. The Hall–Kier alpha value is -2.43. The summed E-state index contributed by atoms with van der Waals surface area (Å²) in [5.74, 6) is 0. The van der Waals surface area contributed by atoms with Crippen molar-refractivity contribution in [2.75, 3.05) is 23.8 Å². The average molecular weight is 315 g/mol. The van der Waals surface area contributed by atoms with E-state index in [4.69, 9.17) is 10.00 Å². The number of halogens is 3. The summed E-state index contributed by atoms with van der Waals surface area (Å²) in [6, 6.07) is 5.06. The minimum atomic E-state index is -4.64. The van der Waals surface area contributed by atoms with Gasteiger partial charge in [0.25, 0.3) is 0 Å². The highest BCUT2D eigenvalue weighted by molar-refractivity contribution is 5.86. The Kier molecular flexibility index (Phi) is 6.50. The van der Waals surface area contributed by atoms with Crippen LogP contribution in [-0.2, 0) is 10.9 Å². The minimum Gasteiger partial charge on any atom is -0.449 e. The van der Waals surface area contributed by atoms with E-state index in [0.29, 0.717) is 6.42 Å². The van der Waals surface area contributed by atoms with Gasteiger partial charge in [0.05, 0.1) is 23.9 Å². The summed E-state index contributed by atoms with van der Waals surface area (Å²) in [6.07, 6.45) is -4.13. The molecule has 1 amide bonds. The molecule has 0 aliphatic heterocycles. The molecule has 0 bridgehead atoms. The van der Waals surface area contributed by atoms with Crippen molar-refractivity contribution < 1.29 is 22.7 Å². The van der Waals surface area contributed by atoms with Crippen LogP contribution in [0.25, 0.3) is 0 Å². The van der Waals surface area contributed by atoms with Crippen LogP contribution in [0.3, 0.4) is 0 Å². The van der Waals surface area contributed by atoms with Gasteiger partial charge in [-0.25, -0.2) is 4.79 Å². The van der Waals surface area contributed by atoms with Crippen molar-refractivity contribution in [1.29, 1.82) is 5.26 Å². The molecule has 0 saturated carbocycles. The number of hydrogen-bond acceptors (Lipinski definition) is 4. The molecule has 0 spiro atoms. The molecule has 22 heavy (non-hydrogen) atoms. The van der Waals surface area contributed by atoms with Crippen LogP contribution in [0.5, 0.6) is 0 Å². The van der Waals surface area contributed by atoms with Gasteiger partial charge in [-0.3, -0.25) is 5.32 Å². The first kappa shape index (κ1) is 17.6. The van der Waals surface area contributed by atoms with E-state index >= 15 is 0 Å². The van der Waals surface area contributed by atoms with Crippen molar-refractivity contribution in [1.82, 2.24) is 0 Å². The van der Waals surface area contributed by atoms with E-state index in [2.05, 4.69) is 10.6 Å². The molecule has 0 fully saturated rings. The molecule has 0 saturated heterocycles. The number of rotatable bonds is 6. The largest absolute Gasteiger partial charge is 0.449 e. The number of unbranched alkanes of at least 4 members (excludes halogenated alkanes) is 1. The van der Waals surface area contributed by atoms with Gasteiger partial charge in [0.1, 0.15) is 6.54 Å². The summed E-state index contributed by atoms with van der Waals surface area (Å²) in [6.45, 7) is 1.92. The summed E-state index contributed by atoms with van der Waals surface area (Å²) >= 11 is 0. The van der Waals surface area contributed by atoms with E-state index in [-0.39, 0.29) is 18.8 Å². The molecular weight excluding hydrogens is 299 g/mol. The SMILES string of the molecule is CCCCOC(=O)Nc1ccc(NCC#N)cc1C(F)(F)F. The van der Waals surface area contributed by atoms with E-state index in [1.54, 1.807) is 6.07 Å². The average Bonchev–Trinajstić information content (AvgIpc) is 2.45. The first-order chi connectivity index (χ1) is 10.4. The number of hydrogen-bond donors (Lipinski definition) is 2. The van der Waals surface area contributed by atoms with Crippen molar-refractivity contribution >= 4 is 17.5 Å². The highest BCUT2D eigenvalue weighted by Crippen LogP contribution is 2.36. The Morgan fingerprint density at radius 2 is 2.14 bits per heavy atom. The number of benzene rings is 1. The molecule has 1 aromatic carbocycles. The maximum atomic E-state index is 13.0. The smallest absolute Gasteiger partial charge is 0.418 e. The van der Waals surface area contributed by atoms with Gasteiger partial charge >= 0.3 is 12.3 Å². The standard InChI is InChI=1S/C14H16F3N3O2/c1-2-3-8-22-13(21)20-12-5-4-10(19-7-6-18)9-11(12)14(15,16)17/h4-5,9,19H,2-3,7-8H2,1H3,(H,20,21). The second-order valence-corrected chi connectivity index (χ2v) is 4.38. The lowest BCUT2D eigenvalue weighted by Gasteiger charge is -2.15. The predicted molar refractivity (Wildman–Crippen MR) is 75.4 cm³/mol. The Morgan fingerprint density at radius 3 is 2.73 bits per heavy atom. The molecule has 0 heterocycles. The summed E-state index contributed by atoms with van der Waals surface area (Å²) in [4.78, 5) is 11.5. The van der Waals surface area contributed by atoms with E-state index in [9.17, 15) is 18.0 Å². The van der Waals surface area contributed by atoms with E-state index in [0.717, 1.165) is 18.6 Å². The molecule has 0 aliphatic rings. The Balaban J connectivity index is 2.89. The summed E-state index contributed by atoms with van der Waals surface area (Å²) < 4.78 is 43.8. The molecule has 0 aromatic heterocycles. The lowest BCUT2D eigenvalue weighted by Crippen LogP contribution is -2.18. The Labute approximate surface area is 126 Å². The van der Waals surface area contributed by atoms with E-state index < -0.39 is 23.5 Å². The summed E-state index contributed by atoms with van der Waals surface area (Å²) in [5, 5.41) is 13.0. The summed E-state index contributed by atoms with van der Waals surface area (Å²) in [7, 11) is 0. The number of ether oxygens (including phenoxy) is 1. The fraction of sp³-hybridized carbons (Fsp3) is 0.429. The zero-order valence-corrected chi connectivity index (χ0v) is 12.0. The number of alkyl halides is 3. The van der Waals surface area contributed by atoms with Crippen LogP contribution in [0.4, 0.5) is 29.3 Å². The van der Waals surface area contributed by atoms with Gasteiger partial charge in [-0.1, -0.05) is 13.3 Å². The fourth-order valence-corrected chi connectivity index (χ4v) is 1.59. The first-order valence-corrected chi connectivity index (χ1v) is 6.64. The van der Waals surface area contributed by atoms with Gasteiger partial charge in [-0.15, -0.1) is 0 Å². The highest BCUT2D eigenvalue weighted by Gasteiger charge is 2.34. The first-order valence-electron chi connectivity index (χ1n) is 6.64. The van der Waals surface area contributed by atoms with Crippen LogP contribution < -0.4 is 10.6 Å². The lowest BCUT2D eigenvalue weighted by molar-refractivity contribution is -0.136. The van der Waals surface area contributed by atoms with Crippen LogP contribution >= 0.6 is 0 Å². The van der Waals surface area contributed by atoms with Crippen LogP contribution in [0.2, 0.25) is 0 Å². The normalized spacial score (nSPS) is 10.7. The van der Waals surface area contributed by atoms with Crippen molar-refractivity contribution in [2.24, 2.45) is 0 Å². The van der Waals surface area contributed by atoms with Gasteiger partial charge < -0.3 is 10.1 Å². The second-order valence-electron chi connectivity index (χ2n) is 4.38. The number of nitriles is 1. The quantitative estimate of drug-likeness (QED) is 0.615. The third-order valence-electron chi connectivity index (χ3n) is 2.66. The molecule has 120 valence electrons. The molecule has 1 aromatic rings. The molecule has 0 radical (unpaired) electrons. The third-order valence-corrected chi connectivity index (χ3v) is 2.66. The van der Waals surface area contributed by atoms with Crippen LogP contribution in [0.15, 0.2) is 18.2 Å². The maximum Gasteiger partial charge on any atom is 0.418 e. The number of carbonyl (C=O) groups excluding carboxylic acids is 1. The second kappa shape index (κ2) is 8.12. The molecule has 0 atom stereocenters. The van der Waals surface area contributed by atoms with Gasteiger partial charge in [0, 0.05) is 5.69 Å². The van der Waals surface area contributed by atoms with Crippen molar-refractivity contribution in [3.05, 3.63) is 23.8 Å². The van der Waals surface area contributed by atoms with E-state index in [1.165, 1.54) is 6.07 Å².